The van der Waals surface area contributed by atoms with Crippen molar-refractivity contribution in [2.75, 3.05) is 0 Å². The van der Waals surface area contributed by atoms with Crippen LogP contribution in [0.2, 0.25) is 0 Å². The van der Waals surface area contributed by atoms with E-state index in [-0.39, 0.29) is 0 Å². The molecule has 0 saturated carbocycles. The van der Waals surface area contributed by atoms with Crippen LogP contribution in [0.3, 0.4) is 0 Å². The lowest BCUT2D eigenvalue weighted by Crippen LogP contribution is -1.76. The molecule has 0 atom stereocenters. The molecule has 3 heteroatoms. The highest BCUT2D eigenvalue weighted by molar-refractivity contribution is 5.20. The van der Waals surface area contributed by atoms with Gasteiger partial charge < -0.3 is 4.84 Å². The zero-order chi connectivity index (χ0) is 6.53. The zero-order valence-electron chi connectivity index (χ0n) is 4.74. The van der Waals surface area contributed by atoms with Crippen molar-refractivity contribution in [2.45, 2.75) is 0 Å². The molecule has 0 unspecified atom stereocenters. The molecule has 46 valence electrons. The minimum absolute atomic E-state index is 0.590. The second-order valence-corrected chi connectivity index (χ2v) is 1.50. The van der Waals surface area contributed by atoms with Crippen LogP contribution in [0.25, 0.3) is 0 Å². The minimum atomic E-state index is 0.590. The van der Waals surface area contributed by atoms with E-state index in [0.717, 1.165) is 0 Å². The number of benzene rings is 1. The van der Waals surface area contributed by atoms with Gasteiger partial charge in [0.05, 0.1) is 0 Å². The Morgan fingerprint density at radius 3 is 2.44 bits per heavy atom. The Bertz CT molecular complexity index is 186. The minimum Gasteiger partial charge on any atom is -0.340 e. The molecule has 0 spiro atoms. The van der Waals surface area contributed by atoms with Crippen LogP contribution in [0.1, 0.15) is 0 Å². The van der Waals surface area contributed by atoms with Crippen LogP contribution in [0.5, 0.6) is 5.75 Å². The molecule has 1 aromatic rings. The summed E-state index contributed by atoms with van der Waals surface area (Å²) in [6, 6.07) is 8.98. The second-order valence-electron chi connectivity index (χ2n) is 1.50. The van der Waals surface area contributed by atoms with Crippen LogP contribution in [-0.2, 0) is 0 Å². The molecule has 0 saturated heterocycles. The summed E-state index contributed by atoms with van der Waals surface area (Å²) >= 11 is 0. The topological polar surface area (TPSA) is 45.4 Å². The van der Waals surface area contributed by atoms with Crippen LogP contribution in [0.15, 0.2) is 35.6 Å². The van der Waals surface area contributed by atoms with Crippen LogP contribution in [0, 0.1) is 5.53 Å². The fraction of sp³-hybridized carbons (Fsp3) is 0. The second kappa shape index (κ2) is 2.81. The molecular formula is C6H6N2O. The molecule has 3 nitrogen and oxygen atoms in total. The summed E-state index contributed by atoms with van der Waals surface area (Å²) in [6.07, 6.45) is 0. The first-order chi connectivity index (χ1) is 4.43. The molecular weight excluding hydrogens is 116 g/mol. The van der Waals surface area contributed by atoms with E-state index in [2.05, 4.69) is 10.1 Å². The van der Waals surface area contributed by atoms with Crippen molar-refractivity contribution in [1.29, 1.82) is 5.53 Å². The average Bonchev–Trinajstić information content (AvgIpc) is 1.91. The van der Waals surface area contributed by atoms with E-state index < -0.39 is 0 Å². The quantitative estimate of drug-likeness (QED) is 0.473. The van der Waals surface area contributed by atoms with Crippen LogP contribution < -0.4 is 4.84 Å². The Morgan fingerprint density at radius 1 is 1.22 bits per heavy atom. The number of hydrogen-bond acceptors (Lipinski definition) is 3. The van der Waals surface area contributed by atoms with Crippen LogP contribution in [0.4, 0.5) is 0 Å². The van der Waals surface area contributed by atoms with Gasteiger partial charge in [0.1, 0.15) is 0 Å². The first kappa shape index (κ1) is 5.75. The first-order valence-electron chi connectivity index (χ1n) is 2.52. The lowest BCUT2D eigenvalue weighted by atomic mass is 10.3. The van der Waals surface area contributed by atoms with Gasteiger partial charge in [-0.05, 0) is 12.1 Å². The van der Waals surface area contributed by atoms with Gasteiger partial charge >= 0.3 is 0 Å². The molecule has 0 aromatic heterocycles. The number of para-hydroxylation sites is 1. The van der Waals surface area contributed by atoms with Gasteiger partial charge in [0.25, 0.3) is 0 Å². The molecule has 0 aliphatic heterocycles. The molecule has 1 N–H and O–H groups in total. The van der Waals surface area contributed by atoms with E-state index in [1.165, 1.54) is 0 Å². The van der Waals surface area contributed by atoms with Crippen molar-refractivity contribution >= 4 is 0 Å². The van der Waals surface area contributed by atoms with Gasteiger partial charge in [0, 0.05) is 5.28 Å². The van der Waals surface area contributed by atoms with Gasteiger partial charge in [-0.1, -0.05) is 18.2 Å². The summed E-state index contributed by atoms with van der Waals surface area (Å²) < 4.78 is 0. The third kappa shape index (κ3) is 1.53. The third-order valence-corrected chi connectivity index (χ3v) is 0.894. The zero-order valence-corrected chi connectivity index (χ0v) is 4.74. The van der Waals surface area contributed by atoms with Crippen LogP contribution in [-0.4, -0.2) is 0 Å². The molecule has 0 aliphatic rings. The first-order valence-corrected chi connectivity index (χ1v) is 2.52. The van der Waals surface area contributed by atoms with Crippen LogP contribution >= 0.6 is 0 Å². The van der Waals surface area contributed by atoms with Gasteiger partial charge in [-0.3, -0.25) is 0 Å². The molecule has 0 amide bonds. The highest BCUT2D eigenvalue weighted by Crippen LogP contribution is 2.07. The predicted octanol–water partition coefficient (Wildman–Crippen LogP) is 2.01. The normalized spacial score (nSPS) is 8.44. The molecule has 1 aromatic carbocycles. The molecule has 9 heavy (non-hydrogen) atoms. The van der Waals surface area contributed by atoms with Crippen molar-refractivity contribution in [3.8, 4) is 5.75 Å². The van der Waals surface area contributed by atoms with Gasteiger partial charge in [-0.15, -0.1) is 0 Å². The summed E-state index contributed by atoms with van der Waals surface area (Å²) in [5.74, 6) is 0.590. The summed E-state index contributed by atoms with van der Waals surface area (Å²) in [7, 11) is 0. The monoisotopic (exact) mass is 122 g/mol. The number of rotatable bonds is 2. The Kier molecular flexibility index (Phi) is 1.80. The SMILES string of the molecule is N=NOc1ccccc1. The molecule has 0 fully saturated rings. The van der Waals surface area contributed by atoms with Gasteiger partial charge in [-0.2, -0.15) is 5.53 Å². The highest BCUT2D eigenvalue weighted by Gasteiger charge is 1.84. The average molecular weight is 122 g/mol. The van der Waals surface area contributed by atoms with Gasteiger partial charge in [0.15, 0.2) is 5.75 Å². The Balaban J connectivity index is 2.72. The summed E-state index contributed by atoms with van der Waals surface area (Å²) in [4.78, 5) is 4.50. The number of nitrogens with zero attached hydrogens (tertiary/aromatic N) is 1. The number of nitrogens with one attached hydrogen (secondary N) is 1. The summed E-state index contributed by atoms with van der Waals surface area (Å²) in [6.45, 7) is 0. The maximum atomic E-state index is 6.34. The number of hydrogen-bond donors (Lipinski definition) is 1. The van der Waals surface area contributed by atoms with Crippen molar-refractivity contribution in [2.24, 2.45) is 5.28 Å². The Hall–Kier alpha value is -1.38. The van der Waals surface area contributed by atoms with Crippen molar-refractivity contribution in [3.63, 3.8) is 0 Å². The van der Waals surface area contributed by atoms with Gasteiger partial charge in [-0.25, -0.2) is 0 Å². The molecule has 0 heterocycles. The Morgan fingerprint density at radius 2 is 1.89 bits per heavy atom. The maximum absolute atomic E-state index is 6.34. The van der Waals surface area contributed by atoms with E-state index in [9.17, 15) is 0 Å². The smallest absolute Gasteiger partial charge is 0.159 e. The highest BCUT2D eigenvalue weighted by atomic mass is 16.6. The lowest BCUT2D eigenvalue weighted by Gasteiger charge is -1.91. The van der Waals surface area contributed by atoms with E-state index in [4.69, 9.17) is 5.53 Å². The molecule has 0 bridgehead atoms. The summed E-state index contributed by atoms with van der Waals surface area (Å²) in [5.41, 5.74) is 6.34. The largest absolute Gasteiger partial charge is 0.340 e. The standard InChI is InChI=1S/C6H6N2O/c7-8-9-6-4-2-1-3-5-6/h1-5,7H. The third-order valence-electron chi connectivity index (χ3n) is 0.894. The lowest BCUT2D eigenvalue weighted by molar-refractivity contribution is 0.298. The van der Waals surface area contributed by atoms with E-state index in [1.54, 1.807) is 12.1 Å². The van der Waals surface area contributed by atoms with Crippen molar-refractivity contribution in [1.82, 2.24) is 0 Å². The maximum Gasteiger partial charge on any atom is 0.159 e. The fourth-order valence-electron chi connectivity index (χ4n) is 0.534. The van der Waals surface area contributed by atoms with Crippen molar-refractivity contribution < 1.29 is 4.84 Å². The van der Waals surface area contributed by atoms with Gasteiger partial charge in [0.2, 0.25) is 0 Å². The summed E-state index contributed by atoms with van der Waals surface area (Å²) in [5, 5.41) is 2.76. The molecule has 0 aliphatic carbocycles. The van der Waals surface area contributed by atoms with E-state index >= 15 is 0 Å². The molecule has 0 radical (unpaired) electrons. The van der Waals surface area contributed by atoms with E-state index in [0.29, 0.717) is 5.75 Å². The van der Waals surface area contributed by atoms with E-state index in [1.807, 2.05) is 18.2 Å². The molecule has 1 rings (SSSR count). The van der Waals surface area contributed by atoms with Crippen molar-refractivity contribution in [3.05, 3.63) is 30.3 Å². The Labute approximate surface area is 52.7 Å². The fourth-order valence-corrected chi connectivity index (χ4v) is 0.534. The predicted molar refractivity (Wildman–Crippen MR) is 32.2 cm³/mol.